The highest BCUT2D eigenvalue weighted by Gasteiger charge is 2.33. The van der Waals surface area contributed by atoms with E-state index in [1.165, 1.54) is 4.57 Å². The molecule has 1 aliphatic heterocycles. The van der Waals surface area contributed by atoms with Crippen LogP contribution in [-0.2, 0) is 4.74 Å². The third kappa shape index (κ3) is 1.49. The normalized spacial score (nSPS) is 32.3. The van der Waals surface area contributed by atoms with Crippen molar-refractivity contribution in [1.29, 1.82) is 0 Å². The van der Waals surface area contributed by atoms with Gasteiger partial charge in [-0.05, 0) is 6.42 Å². The van der Waals surface area contributed by atoms with Gasteiger partial charge in [0, 0.05) is 18.8 Å². The molecule has 0 spiro atoms. The van der Waals surface area contributed by atoms with Gasteiger partial charge in [-0.1, -0.05) is 6.92 Å². The fourth-order valence-electron chi connectivity index (χ4n) is 1.81. The summed E-state index contributed by atoms with van der Waals surface area (Å²) in [6, 6.07) is 0. The number of ether oxygens (including phenoxy) is 1. The van der Waals surface area contributed by atoms with Crippen molar-refractivity contribution >= 4 is 0 Å². The fraction of sp³-hybridized carbons (Fsp3) is 0.667. The van der Waals surface area contributed by atoms with E-state index in [1.807, 2.05) is 6.92 Å². The summed E-state index contributed by atoms with van der Waals surface area (Å²) in [5.41, 5.74) is -0.195. The summed E-state index contributed by atoms with van der Waals surface area (Å²) in [5.74, 6) is 0. The number of rotatable bonds is 2. The number of imidazole rings is 1. The zero-order valence-corrected chi connectivity index (χ0v) is 8.01. The molecule has 1 aromatic rings. The summed E-state index contributed by atoms with van der Waals surface area (Å²) < 4.78 is 7.01. The summed E-state index contributed by atoms with van der Waals surface area (Å²) in [7, 11) is 0. The summed E-state index contributed by atoms with van der Waals surface area (Å²) >= 11 is 0. The van der Waals surface area contributed by atoms with Crippen LogP contribution in [-0.4, -0.2) is 26.9 Å². The van der Waals surface area contributed by atoms with E-state index >= 15 is 0 Å². The molecule has 1 aliphatic rings. The van der Waals surface area contributed by atoms with E-state index in [2.05, 4.69) is 4.98 Å². The number of nitrogens with one attached hydrogen (secondary N) is 1. The zero-order chi connectivity index (χ0) is 10.1. The van der Waals surface area contributed by atoms with Crippen molar-refractivity contribution < 1.29 is 9.84 Å². The third-order valence-electron chi connectivity index (χ3n) is 2.59. The van der Waals surface area contributed by atoms with Crippen molar-refractivity contribution in [3.05, 3.63) is 22.9 Å². The molecular formula is C9H14N2O3. The van der Waals surface area contributed by atoms with Gasteiger partial charge in [0.25, 0.3) is 0 Å². The number of hydrogen-bond acceptors (Lipinski definition) is 3. The first-order chi connectivity index (χ1) is 6.72. The van der Waals surface area contributed by atoms with Crippen molar-refractivity contribution in [2.24, 2.45) is 0 Å². The minimum absolute atomic E-state index is 0.151. The van der Waals surface area contributed by atoms with Crippen LogP contribution in [0.5, 0.6) is 0 Å². The van der Waals surface area contributed by atoms with E-state index in [0.29, 0.717) is 6.42 Å². The van der Waals surface area contributed by atoms with E-state index in [0.717, 1.165) is 6.42 Å². The molecule has 1 aromatic heterocycles. The van der Waals surface area contributed by atoms with Crippen LogP contribution in [0.1, 0.15) is 26.0 Å². The van der Waals surface area contributed by atoms with Crippen LogP contribution in [0.3, 0.4) is 0 Å². The smallest absolute Gasteiger partial charge is 0.327 e. The van der Waals surface area contributed by atoms with Crippen molar-refractivity contribution in [3.8, 4) is 0 Å². The molecular weight excluding hydrogens is 184 g/mol. The molecule has 1 unspecified atom stereocenters. The second-order valence-electron chi connectivity index (χ2n) is 3.51. The Labute approximate surface area is 81.3 Å². The molecule has 1 fully saturated rings. The third-order valence-corrected chi connectivity index (χ3v) is 2.59. The number of aromatic nitrogens is 2. The quantitative estimate of drug-likeness (QED) is 0.715. The topological polar surface area (TPSA) is 67.2 Å². The Bertz CT molecular complexity index is 357. The van der Waals surface area contributed by atoms with Crippen LogP contribution >= 0.6 is 0 Å². The predicted octanol–water partition coefficient (Wildman–Crippen LogP) is 0.235. The van der Waals surface area contributed by atoms with Crippen molar-refractivity contribution in [2.45, 2.75) is 38.2 Å². The van der Waals surface area contributed by atoms with Gasteiger partial charge in [-0.15, -0.1) is 0 Å². The van der Waals surface area contributed by atoms with Gasteiger partial charge in [0.05, 0.1) is 12.2 Å². The Morgan fingerprint density at radius 2 is 2.57 bits per heavy atom. The van der Waals surface area contributed by atoms with Gasteiger partial charge in [0.1, 0.15) is 6.23 Å². The molecule has 2 heterocycles. The van der Waals surface area contributed by atoms with Gasteiger partial charge >= 0.3 is 5.69 Å². The lowest BCUT2D eigenvalue weighted by Crippen LogP contribution is -2.22. The van der Waals surface area contributed by atoms with E-state index in [4.69, 9.17) is 4.74 Å². The number of nitrogens with zero attached hydrogens (tertiary/aromatic N) is 1. The second-order valence-corrected chi connectivity index (χ2v) is 3.51. The molecule has 0 aliphatic carbocycles. The van der Waals surface area contributed by atoms with Gasteiger partial charge < -0.3 is 14.8 Å². The highest BCUT2D eigenvalue weighted by Crippen LogP contribution is 2.28. The first kappa shape index (κ1) is 9.48. The Kier molecular flexibility index (Phi) is 2.43. The molecule has 0 amide bonds. The second kappa shape index (κ2) is 3.59. The van der Waals surface area contributed by atoms with Crippen LogP contribution in [0.2, 0.25) is 0 Å². The lowest BCUT2D eigenvalue weighted by atomic mass is 10.1. The lowest BCUT2D eigenvalue weighted by Gasteiger charge is -2.12. The number of aromatic amines is 1. The van der Waals surface area contributed by atoms with Gasteiger partial charge in [0.2, 0.25) is 0 Å². The molecule has 0 saturated carbocycles. The molecule has 5 nitrogen and oxygen atoms in total. The number of aliphatic hydroxyl groups excluding tert-OH is 1. The Morgan fingerprint density at radius 3 is 3.07 bits per heavy atom. The maximum absolute atomic E-state index is 11.3. The van der Waals surface area contributed by atoms with Crippen molar-refractivity contribution in [1.82, 2.24) is 9.55 Å². The maximum Gasteiger partial charge on any atom is 0.327 e. The number of hydrogen-bond donors (Lipinski definition) is 2. The maximum atomic E-state index is 11.3. The van der Waals surface area contributed by atoms with Gasteiger partial charge in [0.15, 0.2) is 0 Å². The summed E-state index contributed by atoms with van der Waals surface area (Å²) in [4.78, 5) is 13.8. The van der Waals surface area contributed by atoms with Crippen LogP contribution < -0.4 is 5.69 Å². The van der Waals surface area contributed by atoms with E-state index < -0.39 is 6.10 Å². The minimum atomic E-state index is -0.466. The van der Waals surface area contributed by atoms with Crippen molar-refractivity contribution in [2.75, 3.05) is 0 Å². The molecule has 2 N–H and O–H groups in total. The number of H-pyrrole nitrogens is 1. The van der Waals surface area contributed by atoms with Crippen LogP contribution in [0.4, 0.5) is 0 Å². The Morgan fingerprint density at radius 1 is 1.79 bits per heavy atom. The molecule has 0 radical (unpaired) electrons. The Balaban J connectivity index is 2.16. The summed E-state index contributed by atoms with van der Waals surface area (Å²) in [6.45, 7) is 1.95. The van der Waals surface area contributed by atoms with Crippen molar-refractivity contribution in [3.63, 3.8) is 0 Å². The highest BCUT2D eigenvalue weighted by molar-refractivity contribution is 4.85. The average Bonchev–Trinajstić information content (AvgIpc) is 2.71. The summed E-state index contributed by atoms with van der Waals surface area (Å²) in [5, 5.41) is 9.60. The fourth-order valence-corrected chi connectivity index (χ4v) is 1.81. The summed E-state index contributed by atoms with van der Waals surface area (Å²) in [6.07, 6.45) is 3.50. The zero-order valence-electron chi connectivity index (χ0n) is 8.01. The molecule has 78 valence electrons. The van der Waals surface area contributed by atoms with Gasteiger partial charge in [-0.25, -0.2) is 4.79 Å². The minimum Gasteiger partial charge on any atom is -0.390 e. The molecule has 0 bridgehead atoms. The first-order valence-corrected chi connectivity index (χ1v) is 4.81. The lowest BCUT2D eigenvalue weighted by molar-refractivity contribution is -0.0210. The average molecular weight is 198 g/mol. The predicted molar refractivity (Wildman–Crippen MR) is 49.9 cm³/mol. The molecule has 14 heavy (non-hydrogen) atoms. The monoisotopic (exact) mass is 198 g/mol. The van der Waals surface area contributed by atoms with Gasteiger partial charge in [-0.3, -0.25) is 4.57 Å². The molecule has 2 rings (SSSR count). The largest absolute Gasteiger partial charge is 0.390 e. The van der Waals surface area contributed by atoms with Gasteiger partial charge in [-0.2, -0.15) is 0 Å². The van der Waals surface area contributed by atoms with E-state index in [1.54, 1.807) is 12.4 Å². The van der Waals surface area contributed by atoms with E-state index in [9.17, 15) is 9.90 Å². The molecule has 3 atom stereocenters. The van der Waals surface area contributed by atoms with Crippen LogP contribution in [0.25, 0.3) is 0 Å². The number of aliphatic hydroxyl groups is 1. The first-order valence-electron chi connectivity index (χ1n) is 4.81. The molecule has 0 aromatic carbocycles. The Hall–Kier alpha value is -1.07. The van der Waals surface area contributed by atoms with Crippen LogP contribution in [0, 0.1) is 0 Å². The standard InChI is InChI=1S/C9H14N2O3/c1-2-7-6(12)5-8(14-7)11-4-3-10-9(11)13/h3-4,6-8,12H,2,5H2,1H3,(H,10,13)/t6?,7-,8+/m1/s1. The highest BCUT2D eigenvalue weighted by atomic mass is 16.5. The molecule has 1 saturated heterocycles. The van der Waals surface area contributed by atoms with Crippen LogP contribution in [0.15, 0.2) is 17.2 Å². The SMILES string of the molecule is CC[C@H]1O[C@H](n2cc[nH]c2=O)CC1O. The molecule has 5 heteroatoms. The van der Waals surface area contributed by atoms with E-state index in [-0.39, 0.29) is 18.0 Å².